The highest BCUT2D eigenvalue weighted by atomic mass is 16.2. The molecule has 2 heterocycles. The molecule has 1 aliphatic carbocycles. The first-order valence-corrected chi connectivity index (χ1v) is 16.4. The molecule has 6 heteroatoms. The SMILES string of the molecule is Cc1cc(C)c(NC(=O)C2(N(Cc3ccccc3)C(=O)C[C@@H]3[C@@H](c4c(C)[nH]c5ccccc45)C3(C)C)CCN(C)CC2)c(C)c1. The first-order chi connectivity index (χ1) is 21.4. The van der Waals surface area contributed by atoms with Gasteiger partial charge in [-0.2, -0.15) is 0 Å². The number of amides is 2. The monoisotopic (exact) mass is 604 g/mol. The van der Waals surface area contributed by atoms with E-state index in [1.54, 1.807) is 0 Å². The number of nitrogens with zero attached hydrogens (tertiary/aromatic N) is 2. The first kappa shape index (κ1) is 31.1. The molecule has 2 aliphatic rings. The fourth-order valence-electron chi connectivity index (χ4n) is 8.15. The molecule has 2 amide bonds. The molecule has 2 N–H and O–H groups in total. The third-order valence-corrected chi connectivity index (χ3v) is 10.9. The zero-order valence-electron chi connectivity index (χ0n) is 28.0. The van der Waals surface area contributed by atoms with Gasteiger partial charge in [-0.15, -0.1) is 0 Å². The maximum atomic E-state index is 14.8. The van der Waals surface area contributed by atoms with E-state index in [-0.39, 0.29) is 29.1 Å². The quantitative estimate of drug-likeness (QED) is 0.217. The van der Waals surface area contributed by atoms with Crippen LogP contribution in [0.2, 0.25) is 0 Å². The van der Waals surface area contributed by atoms with Gasteiger partial charge in [-0.25, -0.2) is 0 Å². The lowest BCUT2D eigenvalue weighted by Gasteiger charge is -2.47. The van der Waals surface area contributed by atoms with Gasteiger partial charge < -0.3 is 20.1 Å². The predicted molar refractivity (Wildman–Crippen MR) is 183 cm³/mol. The van der Waals surface area contributed by atoms with Gasteiger partial charge >= 0.3 is 0 Å². The van der Waals surface area contributed by atoms with E-state index in [1.807, 2.05) is 36.9 Å². The van der Waals surface area contributed by atoms with Crippen molar-refractivity contribution in [2.45, 2.75) is 78.8 Å². The van der Waals surface area contributed by atoms with Crippen LogP contribution in [0.1, 0.15) is 72.5 Å². The molecule has 0 radical (unpaired) electrons. The molecule has 236 valence electrons. The second-order valence-corrected chi connectivity index (χ2v) is 14.3. The minimum Gasteiger partial charge on any atom is -0.358 e. The smallest absolute Gasteiger partial charge is 0.250 e. The van der Waals surface area contributed by atoms with Gasteiger partial charge in [-0.05, 0) is 93.2 Å². The highest BCUT2D eigenvalue weighted by molar-refractivity contribution is 6.02. The van der Waals surface area contributed by atoms with Crippen LogP contribution in [0.25, 0.3) is 10.9 Å². The molecule has 2 fully saturated rings. The van der Waals surface area contributed by atoms with Crippen molar-refractivity contribution in [1.29, 1.82) is 0 Å². The van der Waals surface area contributed by atoms with Crippen LogP contribution in [0.5, 0.6) is 0 Å². The Morgan fingerprint density at radius 3 is 2.22 bits per heavy atom. The van der Waals surface area contributed by atoms with Gasteiger partial charge in [0.25, 0.3) is 0 Å². The molecule has 6 rings (SSSR count). The summed E-state index contributed by atoms with van der Waals surface area (Å²) in [5.41, 5.74) is 7.84. The molecule has 45 heavy (non-hydrogen) atoms. The van der Waals surface area contributed by atoms with Gasteiger partial charge in [-0.3, -0.25) is 9.59 Å². The molecule has 3 aromatic carbocycles. The van der Waals surface area contributed by atoms with E-state index in [0.29, 0.717) is 25.8 Å². The predicted octanol–water partition coefficient (Wildman–Crippen LogP) is 7.66. The van der Waals surface area contributed by atoms with E-state index in [2.05, 4.69) is 98.5 Å². The number of nitrogens with one attached hydrogen (secondary N) is 2. The number of anilines is 1. The number of aromatic amines is 1. The second-order valence-electron chi connectivity index (χ2n) is 14.3. The van der Waals surface area contributed by atoms with Crippen molar-refractivity contribution >= 4 is 28.4 Å². The Morgan fingerprint density at radius 2 is 1.56 bits per heavy atom. The van der Waals surface area contributed by atoms with Crippen LogP contribution in [0, 0.1) is 39.0 Å². The average molecular weight is 605 g/mol. The second kappa shape index (κ2) is 11.8. The number of rotatable bonds is 8. The number of likely N-dealkylation sites (tertiary alicyclic amines) is 1. The number of carbonyl (C=O) groups excluding carboxylic acids is 2. The fourth-order valence-corrected chi connectivity index (χ4v) is 8.15. The van der Waals surface area contributed by atoms with E-state index in [0.717, 1.165) is 41.0 Å². The fraction of sp³-hybridized carbons (Fsp3) is 0.436. The normalized spacial score (nSPS) is 20.6. The van der Waals surface area contributed by atoms with Gasteiger partial charge in [-0.1, -0.05) is 80.1 Å². The summed E-state index contributed by atoms with van der Waals surface area (Å²) >= 11 is 0. The van der Waals surface area contributed by atoms with E-state index in [9.17, 15) is 9.59 Å². The number of hydrogen-bond acceptors (Lipinski definition) is 3. The van der Waals surface area contributed by atoms with Crippen molar-refractivity contribution in [3.8, 4) is 0 Å². The van der Waals surface area contributed by atoms with Crippen molar-refractivity contribution in [3.63, 3.8) is 0 Å². The largest absolute Gasteiger partial charge is 0.358 e. The molecule has 1 saturated carbocycles. The summed E-state index contributed by atoms with van der Waals surface area (Å²) in [5.74, 6) is 0.452. The van der Waals surface area contributed by atoms with Gasteiger partial charge in [0.15, 0.2) is 0 Å². The van der Waals surface area contributed by atoms with Gasteiger partial charge in [0.2, 0.25) is 11.8 Å². The highest BCUT2D eigenvalue weighted by Gasteiger charge is 2.60. The molecule has 1 saturated heterocycles. The summed E-state index contributed by atoms with van der Waals surface area (Å²) in [4.78, 5) is 37.3. The number of fused-ring (bicyclic) bond motifs is 1. The molecule has 0 unspecified atom stereocenters. The van der Waals surface area contributed by atoms with Gasteiger partial charge in [0.05, 0.1) is 0 Å². The van der Waals surface area contributed by atoms with Crippen LogP contribution >= 0.6 is 0 Å². The van der Waals surface area contributed by atoms with Crippen molar-refractivity contribution in [2.75, 3.05) is 25.5 Å². The molecule has 0 spiro atoms. The van der Waals surface area contributed by atoms with Crippen molar-refractivity contribution in [1.82, 2.24) is 14.8 Å². The van der Waals surface area contributed by atoms with Gasteiger partial charge in [0, 0.05) is 48.3 Å². The number of carbonyl (C=O) groups is 2. The number of aromatic nitrogens is 1. The van der Waals surface area contributed by atoms with Crippen molar-refractivity contribution in [3.05, 3.63) is 100 Å². The topological polar surface area (TPSA) is 68.4 Å². The first-order valence-electron chi connectivity index (χ1n) is 16.4. The van der Waals surface area contributed by atoms with E-state index < -0.39 is 5.54 Å². The van der Waals surface area contributed by atoms with Crippen LogP contribution in [0.4, 0.5) is 5.69 Å². The Balaban J connectivity index is 1.36. The van der Waals surface area contributed by atoms with Crippen LogP contribution in [-0.2, 0) is 16.1 Å². The van der Waals surface area contributed by atoms with Crippen LogP contribution in [0.3, 0.4) is 0 Å². The molecule has 6 nitrogen and oxygen atoms in total. The number of aryl methyl sites for hydroxylation is 4. The molecule has 1 aliphatic heterocycles. The molecule has 4 aromatic rings. The lowest BCUT2D eigenvalue weighted by Crippen LogP contribution is -2.63. The summed E-state index contributed by atoms with van der Waals surface area (Å²) in [6.07, 6.45) is 1.60. The number of H-pyrrole nitrogens is 1. The average Bonchev–Trinajstić information content (AvgIpc) is 3.35. The Labute approximate surface area is 268 Å². The van der Waals surface area contributed by atoms with Crippen LogP contribution < -0.4 is 5.32 Å². The minimum atomic E-state index is -0.950. The van der Waals surface area contributed by atoms with E-state index in [1.165, 1.54) is 22.2 Å². The Morgan fingerprint density at radius 1 is 0.933 bits per heavy atom. The van der Waals surface area contributed by atoms with Crippen LogP contribution in [0.15, 0.2) is 66.7 Å². The maximum absolute atomic E-state index is 14.8. The molecule has 1 aromatic heterocycles. The Kier molecular flexibility index (Phi) is 8.15. The van der Waals surface area contributed by atoms with Gasteiger partial charge in [0.1, 0.15) is 5.54 Å². The lowest BCUT2D eigenvalue weighted by molar-refractivity contribution is -0.150. The maximum Gasteiger partial charge on any atom is 0.250 e. The van der Waals surface area contributed by atoms with Crippen molar-refractivity contribution < 1.29 is 9.59 Å². The lowest BCUT2D eigenvalue weighted by atomic mass is 9.83. The molecule has 0 bridgehead atoms. The number of para-hydroxylation sites is 1. The highest BCUT2D eigenvalue weighted by Crippen LogP contribution is 2.67. The third-order valence-electron chi connectivity index (χ3n) is 10.9. The molecular formula is C39H48N4O2. The summed E-state index contributed by atoms with van der Waals surface area (Å²) in [6.45, 7) is 14.8. The molecule has 2 atom stereocenters. The number of benzene rings is 3. The summed E-state index contributed by atoms with van der Waals surface area (Å²) in [5, 5.41) is 4.59. The van der Waals surface area contributed by atoms with Crippen LogP contribution in [-0.4, -0.2) is 52.3 Å². The third kappa shape index (κ3) is 5.69. The Bertz CT molecular complexity index is 1710. The standard InChI is InChI=1S/C39H48N4O2/c1-25-21-26(2)36(27(3)22-25)41-37(45)39(17-19-42(7)20-18-39)43(24-29-13-9-8-10-14-29)33(44)23-31-35(38(31,5)6)34-28(4)40-32-16-12-11-15-30(32)34/h8-16,21-22,31,35,40H,17-20,23-24H2,1-7H3,(H,41,45)/t31-,35+/m1/s1. The van der Waals surface area contributed by atoms with E-state index in [4.69, 9.17) is 0 Å². The minimum absolute atomic E-state index is 0.0257. The zero-order valence-corrected chi connectivity index (χ0v) is 28.0. The number of piperidine rings is 1. The molecular weight excluding hydrogens is 556 g/mol. The number of hydrogen-bond donors (Lipinski definition) is 2. The van der Waals surface area contributed by atoms with E-state index >= 15 is 0 Å². The van der Waals surface area contributed by atoms with Crippen molar-refractivity contribution in [2.24, 2.45) is 11.3 Å². The zero-order chi connectivity index (χ0) is 32.1. The summed E-state index contributed by atoms with van der Waals surface area (Å²) in [7, 11) is 2.10. The summed E-state index contributed by atoms with van der Waals surface area (Å²) in [6, 6.07) is 22.8. The Hall–Kier alpha value is -3.90. The summed E-state index contributed by atoms with van der Waals surface area (Å²) < 4.78 is 0.